The lowest BCUT2D eigenvalue weighted by Gasteiger charge is -2.32. The van der Waals surface area contributed by atoms with Crippen LogP contribution in [-0.2, 0) is 0 Å². The molecule has 0 radical (unpaired) electrons. The van der Waals surface area contributed by atoms with E-state index in [0.29, 0.717) is 17.8 Å². The molecule has 1 aromatic carbocycles. The molecule has 1 heterocycles. The number of benzene rings is 1. The first kappa shape index (κ1) is 14.8. The van der Waals surface area contributed by atoms with E-state index in [1.807, 2.05) is 25.1 Å². The van der Waals surface area contributed by atoms with Crippen molar-refractivity contribution in [2.45, 2.75) is 6.92 Å². The third-order valence-electron chi connectivity index (χ3n) is 3.93. The van der Waals surface area contributed by atoms with Crippen LogP contribution in [0.15, 0.2) is 18.2 Å². The Morgan fingerprint density at radius 2 is 2.00 bits per heavy atom. The Morgan fingerprint density at radius 1 is 1.30 bits per heavy atom. The van der Waals surface area contributed by atoms with Crippen LogP contribution < -0.4 is 11.1 Å². The highest BCUT2D eigenvalue weighted by Gasteiger charge is 2.14. The molecule has 1 fully saturated rings. The number of nitrogen functional groups attached to an aromatic ring is 1. The lowest BCUT2D eigenvalue weighted by molar-refractivity contribution is 0.0940. The third kappa shape index (κ3) is 3.71. The van der Waals surface area contributed by atoms with Crippen molar-refractivity contribution in [3.63, 3.8) is 0 Å². The van der Waals surface area contributed by atoms with Crippen molar-refractivity contribution in [3.8, 4) is 0 Å². The number of amides is 1. The van der Waals surface area contributed by atoms with E-state index in [-0.39, 0.29) is 5.91 Å². The van der Waals surface area contributed by atoms with Gasteiger partial charge in [-0.15, -0.1) is 0 Å². The molecule has 1 saturated heterocycles. The van der Waals surface area contributed by atoms with E-state index in [1.54, 1.807) is 0 Å². The van der Waals surface area contributed by atoms with E-state index < -0.39 is 0 Å². The molecule has 0 unspecified atom stereocenters. The monoisotopic (exact) mass is 276 g/mol. The Morgan fingerprint density at radius 3 is 2.70 bits per heavy atom. The van der Waals surface area contributed by atoms with Gasteiger partial charge in [0.2, 0.25) is 0 Å². The zero-order valence-corrected chi connectivity index (χ0v) is 12.4. The van der Waals surface area contributed by atoms with Gasteiger partial charge in [0.05, 0.1) is 0 Å². The summed E-state index contributed by atoms with van der Waals surface area (Å²) in [5.74, 6) is -0.0380. The maximum absolute atomic E-state index is 12.1. The van der Waals surface area contributed by atoms with E-state index in [0.717, 1.165) is 38.3 Å². The average molecular weight is 276 g/mol. The Labute approximate surface area is 120 Å². The number of hydrogen-bond donors (Lipinski definition) is 2. The number of nitrogens with two attached hydrogens (primary N) is 1. The van der Waals surface area contributed by atoms with Crippen LogP contribution in [0.3, 0.4) is 0 Å². The smallest absolute Gasteiger partial charge is 0.251 e. The molecule has 2 rings (SSSR count). The molecule has 5 nitrogen and oxygen atoms in total. The normalized spacial score (nSPS) is 17.1. The van der Waals surface area contributed by atoms with Gasteiger partial charge in [0.25, 0.3) is 5.91 Å². The predicted molar refractivity (Wildman–Crippen MR) is 81.9 cm³/mol. The second-order valence-electron chi connectivity index (χ2n) is 5.42. The van der Waals surface area contributed by atoms with E-state index in [2.05, 4.69) is 22.2 Å². The molecule has 0 atom stereocenters. The van der Waals surface area contributed by atoms with Crippen molar-refractivity contribution >= 4 is 11.6 Å². The molecule has 0 bridgehead atoms. The Kier molecular flexibility index (Phi) is 4.98. The molecular formula is C15H24N4O. The van der Waals surface area contributed by atoms with Crippen LogP contribution in [0.25, 0.3) is 0 Å². The molecule has 0 aliphatic carbocycles. The highest BCUT2D eigenvalue weighted by Crippen LogP contribution is 2.15. The van der Waals surface area contributed by atoms with Crippen LogP contribution in [0.2, 0.25) is 0 Å². The largest absolute Gasteiger partial charge is 0.398 e. The first-order valence-corrected chi connectivity index (χ1v) is 7.12. The highest BCUT2D eigenvalue weighted by atomic mass is 16.1. The zero-order chi connectivity index (χ0) is 14.5. The number of carbonyl (C=O) groups is 1. The van der Waals surface area contributed by atoms with Gasteiger partial charge < -0.3 is 16.0 Å². The number of nitrogens with one attached hydrogen (secondary N) is 1. The number of likely N-dealkylation sites (N-methyl/N-ethyl adjacent to an activating group) is 1. The van der Waals surface area contributed by atoms with Crippen LogP contribution >= 0.6 is 0 Å². The molecule has 1 aliphatic rings. The highest BCUT2D eigenvalue weighted by molar-refractivity contribution is 5.96. The minimum Gasteiger partial charge on any atom is -0.398 e. The topological polar surface area (TPSA) is 61.6 Å². The van der Waals surface area contributed by atoms with Crippen LogP contribution in [0.1, 0.15) is 15.9 Å². The maximum Gasteiger partial charge on any atom is 0.251 e. The third-order valence-corrected chi connectivity index (χ3v) is 3.93. The minimum atomic E-state index is -0.0380. The summed E-state index contributed by atoms with van der Waals surface area (Å²) in [7, 11) is 2.14. The van der Waals surface area contributed by atoms with Crippen molar-refractivity contribution in [2.24, 2.45) is 0 Å². The lowest BCUT2D eigenvalue weighted by atomic mass is 10.1. The second kappa shape index (κ2) is 6.72. The molecule has 5 heteroatoms. The quantitative estimate of drug-likeness (QED) is 0.789. The number of carbonyl (C=O) groups excluding carboxylic acids is 1. The Bertz CT molecular complexity index is 467. The Balaban J connectivity index is 1.79. The summed E-state index contributed by atoms with van der Waals surface area (Å²) in [6.07, 6.45) is 0. The molecule has 0 aromatic heterocycles. The summed E-state index contributed by atoms with van der Waals surface area (Å²) in [6.45, 7) is 7.81. The SMILES string of the molecule is Cc1c(N)cccc1C(=O)NCCN1CCN(C)CC1. The molecule has 3 N–H and O–H groups in total. The van der Waals surface area contributed by atoms with Crippen LogP contribution in [0.4, 0.5) is 5.69 Å². The van der Waals surface area contributed by atoms with Crippen molar-refractivity contribution in [2.75, 3.05) is 52.0 Å². The summed E-state index contributed by atoms with van der Waals surface area (Å²) in [4.78, 5) is 16.8. The van der Waals surface area contributed by atoms with Crippen LogP contribution in [0, 0.1) is 6.92 Å². The standard InChI is InChI=1S/C15H24N4O/c1-12-13(4-3-5-14(12)16)15(20)17-6-7-19-10-8-18(2)9-11-19/h3-5H,6-11,16H2,1-2H3,(H,17,20). The summed E-state index contributed by atoms with van der Waals surface area (Å²) < 4.78 is 0. The van der Waals surface area contributed by atoms with Gasteiger partial charge in [-0.05, 0) is 31.7 Å². The fourth-order valence-electron chi connectivity index (χ4n) is 2.39. The van der Waals surface area contributed by atoms with Gasteiger partial charge in [-0.3, -0.25) is 9.69 Å². The minimum absolute atomic E-state index is 0.0380. The molecule has 110 valence electrons. The van der Waals surface area contributed by atoms with E-state index in [4.69, 9.17) is 5.73 Å². The number of hydrogen-bond acceptors (Lipinski definition) is 4. The average Bonchev–Trinajstić information content (AvgIpc) is 2.44. The van der Waals surface area contributed by atoms with Gasteiger partial charge in [0.1, 0.15) is 0 Å². The molecule has 1 amide bonds. The first-order valence-electron chi connectivity index (χ1n) is 7.12. The number of anilines is 1. The van der Waals surface area contributed by atoms with E-state index >= 15 is 0 Å². The van der Waals surface area contributed by atoms with Gasteiger partial charge in [-0.25, -0.2) is 0 Å². The van der Waals surface area contributed by atoms with Crippen LogP contribution in [-0.4, -0.2) is 62.0 Å². The van der Waals surface area contributed by atoms with Crippen molar-refractivity contribution in [3.05, 3.63) is 29.3 Å². The van der Waals surface area contributed by atoms with Gasteiger partial charge in [0, 0.05) is 50.5 Å². The molecule has 1 aliphatic heterocycles. The van der Waals surface area contributed by atoms with Gasteiger partial charge >= 0.3 is 0 Å². The summed E-state index contributed by atoms with van der Waals surface area (Å²) in [5, 5.41) is 2.98. The molecule has 0 saturated carbocycles. The van der Waals surface area contributed by atoms with Crippen molar-refractivity contribution in [1.82, 2.24) is 15.1 Å². The molecular weight excluding hydrogens is 252 g/mol. The second-order valence-corrected chi connectivity index (χ2v) is 5.42. The van der Waals surface area contributed by atoms with Gasteiger partial charge in [0.15, 0.2) is 0 Å². The molecule has 20 heavy (non-hydrogen) atoms. The predicted octanol–water partition coefficient (Wildman–Crippen LogP) is 0.554. The van der Waals surface area contributed by atoms with E-state index in [9.17, 15) is 4.79 Å². The first-order chi connectivity index (χ1) is 9.58. The summed E-state index contributed by atoms with van der Waals surface area (Å²) in [5.41, 5.74) is 8.01. The molecule has 1 aromatic rings. The number of rotatable bonds is 4. The summed E-state index contributed by atoms with van der Waals surface area (Å²) in [6, 6.07) is 5.45. The Hall–Kier alpha value is -1.59. The van der Waals surface area contributed by atoms with Crippen molar-refractivity contribution in [1.29, 1.82) is 0 Å². The lowest BCUT2D eigenvalue weighted by Crippen LogP contribution is -2.46. The van der Waals surface area contributed by atoms with Crippen molar-refractivity contribution < 1.29 is 4.79 Å². The fourth-order valence-corrected chi connectivity index (χ4v) is 2.39. The number of nitrogens with zero attached hydrogens (tertiary/aromatic N) is 2. The maximum atomic E-state index is 12.1. The van der Waals surface area contributed by atoms with E-state index in [1.165, 1.54) is 0 Å². The van der Waals surface area contributed by atoms with Crippen LogP contribution in [0.5, 0.6) is 0 Å². The van der Waals surface area contributed by atoms with Gasteiger partial charge in [-0.1, -0.05) is 6.07 Å². The molecule has 0 spiro atoms. The fraction of sp³-hybridized carbons (Fsp3) is 0.533. The zero-order valence-electron chi connectivity index (χ0n) is 12.4. The van der Waals surface area contributed by atoms with Gasteiger partial charge in [-0.2, -0.15) is 0 Å². The summed E-state index contributed by atoms with van der Waals surface area (Å²) >= 11 is 0. The number of piperazine rings is 1.